The molecule has 1 saturated heterocycles. The Morgan fingerprint density at radius 3 is 2.17 bits per heavy atom. The SMILES string of the molecule is CCN1CCC(C(C)(C)F)CC1. The Kier molecular flexibility index (Phi) is 3.10. The lowest BCUT2D eigenvalue weighted by atomic mass is 9.84. The molecule has 1 nitrogen and oxygen atoms in total. The molecule has 2 heteroatoms. The van der Waals surface area contributed by atoms with Crippen LogP contribution in [0.25, 0.3) is 0 Å². The summed E-state index contributed by atoms with van der Waals surface area (Å²) < 4.78 is 13.5. The van der Waals surface area contributed by atoms with E-state index in [0.717, 1.165) is 32.5 Å². The van der Waals surface area contributed by atoms with Crippen molar-refractivity contribution in [3.05, 3.63) is 0 Å². The van der Waals surface area contributed by atoms with Crippen LogP contribution in [0, 0.1) is 5.92 Å². The van der Waals surface area contributed by atoms with Gasteiger partial charge in [0.05, 0.1) is 0 Å². The van der Waals surface area contributed by atoms with Crippen LogP contribution in [-0.2, 0) is 0 Å². The summed E-state index contributed by atoms with van der Waals surface area (Å²) in [6, 6.07) is 0. The van der Waals surface area contributed by atoms with Gasteiger partial charge in [-0.2, -0.15) is 0 Å². The molecule has 0 bridgehead atoms. The zero-order chi connectivity index (χ0) is 9.19. The van der Waals surface area contributed by atoms with Gasteiger partial charge in [-0.25, -0.2) is 4.39 Å². The van der Waals surface area contributed by atoms with Gasteiger partial charge in [-0.05, 0) is 52.2 Å². The van der Waals surface area contributed by atoms with E-state index in [-0.39, 0.29) is 5.92 Å². The molecule has 0 unspecified atom stereocenters. The van der Waals surface area contributed by atoms with Gasteiger partial charge in [0, 0.05) is 0 Å². The van der Waals surface area contributed by atoms with Crippen LogP contribution in [0.15, 0.2) is 0 Å². The second kappa shape index (κ2) is 3.73. The number of hydrogen-bond acceptors (Lipinski definition) is 1. The predicted molar refractivity (Wildman–Crippen MR) is 50.0 cm³/mol. The summed E-state index contributed by atoms with van der Waals surface area (Å²) in [5, 5.41) is 0. The Hall–Kier alpha value is -0.110. The largest absolute Gasteiger partial charge is 0.304 e. The molecule has 1 heterocycles. The zero-order valence-electron chi connectivity index (χ0n) is 8.44. The Morgan fingerprint density at radius 1 is 1.33 bits per heavy atom. The molecular formula is C10H20FN. The van der Waals surface area contributed by atoms with Crippen molar-refractivity contribution in [3.63, 3.8) is 0 Å². The molecule has 1 aliphatic rings. The minimum Gasteiger partial charge on any atom is -0.304 e. The van der Waals surface area contributed by atoms with Gasteiger partial charge in [-0.15, -0.1) is 0 Å². The summed E-state index contributed by atoms with van der Waals surface area (Å²) >= 11 is 0. The minimum atomic E-state index is -0.972. The number of alkyl halides is 1. The van der Waals surface area contributed by atoms with E-state index >= 15 is 0 Å². The summed E-state index contributed by atoms with van der Waals surface area (Å²) in [5.74, 6) is 0.278. The number of rotatable bonds is 2. The third kappa shape index (κ3) is 2.44. The minimum absolute atomic E-state index is 0.278. The van der Waals surface area contributed by atoms with Crippen molar-refractivity contribution in [1.82, 2.24) is 4.90 Å². The van der Waals surface area contributed by atoms with Crippen molar-refractivity contribution in [2.24, 2.45) is 5.92 Å². The first-order valence-corrected chi connectivity index (χ1v) is 4.95. The van der Waals surface area contributed by atoms with Crippen LogP contribution < -0.4 is 0 Å². The fourth-order valence-electron chi connectivity index (χ4n) is 1.94. The van der Waals surface area contributed by atoms with Crippen molar-refractivity contribution in [2.75, 3.05) is 19.6 Å². The molecular weight excluding hydrogens is 153 g/mol. The molecule has 0 aromatic rings. The third-order valence-corrected chi connectivity index (χ3v) is 3.01. The number of hydrogen-bond donors (Lipinski definition) is 0. The molecule has 12 heavy (non-hydrogen) atoms. The maximum atomic E-state index is 13.5. The average molecular weight is 173 g/mol. The van der Waals surface area contributed by atoms with Gasteiger partial charge in [0.1, 0.15) is 5.67 Å². The standard InChI is InChI=1S/C10H20FN/c1-4-12-7-5-9(6-8-12)10(2,3)11/h9H,4-8H2,1-3H3. The first kappa shape index (κ1) is 9.97. The third-order valence-electron chi connectivity index (χ3n) is 3.01. The van der Waals surface area contributed by atoms with Crippen LogP contribution in [-0.4, -0.2) is 30.2 Å². The molecule has 0 spiro atoms. The molecule has 0 aromatic carbocycles. The quantitative estimate of drug-likeness (QED) is 0.620. The number of likely N-dealkylation sites (tertiary alicyclic amines) is 1. The van der Waals surface area contributed by atoms with Gasteiger partial charge in [0.15, 0.2) is 0 Å². The van der Waals surface area contributed by atoms with E-state index in [2.05, 4.69) is 11.8 Å². The number of piperidine rings is 1. The molecule has 1 fully saturated rings. The molecule has 0 N–H and O–H groups in total. The van der Waals surface area contributed by atoms with E-state index in [1.807, 2.05) is 0 Å². The van der Waals surface area contributed by atoms with Crippen molar-refractivity contribution in [1.29, 1.82) is 0 Å². The highest BCUT2D eigenvalue weighted by atomic mass is 19.1. The first-order chi connectivity index (χ1) is 5.54. The first-order valence-electron chi connectivity index (χ1n) is 4.95. The monoisotopic (exact) mass is 173 g/mol. The van der Waals surface area contributed by atoms with Gasteiger partial charge in [-0.1, -0.05) is 6.92 Å². The van der Waals surface area contributed by atoms with Crippen LogP contribution >= 0.6 is 0 Å². The van der Waals surface area contributed by atoms with Crippen LogP contribution in [0.1, 0.15) is 33.6 Å². The van der Waals surface area contributed by atoms with Crippen molar-refractivity contribution < 1.29 is 4.39 Å². The summed E-state index contributed by atoms with van der Waals surface area (Å²) in [7, 11) is 0. The molecule has 0 saturated carbocycles. The second-order valence-corrected chi connectivity index (χ2v) is 4.27. The molecule has 1 rings (SSSR count). The average Bonchev–Trinajstić information content (AvgIpc) is 2.03. The highest BCUT2D eigenvalue weighted by Gasteiger charge is 2.31. The van der Waals surface area contributed by atoms with E-state index in [0.29, 0.717) is 0 Å². The Balaban J connectivity index is 2.36. The van der Waals surface area contributed by atoms with Crippen LogP contribution in [0.3, 0.4) is 0 Å². The van der Waals surface area contributed by atoms with Gasteiger partial charge in [0.2, 0.25) is 0 Å². The lowest BCUT2D eigenvalue weighted by Crippen LogP contribution is -2.39. The van der Waals surface area contributed by atoms with Crippen molar-refractivity contribution in [3.8, 4) is 0 Å². The summed E-state index contributed by atoms with van der Waals surface area (Å²) in [5.41, 5.74) is -0.972. The lowest BCUT2D eigenvalue weighted by Gasteiger charge is -2.35. The summed E-state index contributed by atoms with van der Waals surface area (Å²) in [6.45, 7) is 8.85. The highest BCUT2D eigenvalue weighted by Crippen LogP contribution is 2.30. The molecule has 0 aliphatic carbocycles. The molecule has 0 radical (unpaired) electrons. The van der Waals surface area contributed by atoms with E-state index in [4.69, 9.17) is 0 Å². The van der Waals surface area contributed by atoms with Gasteiger partial charge >= 0.3 is 0 Å². The van der Waals surface area contributed by atoms with E-state index < -0.39 is 5.67 Å². The number of nitrogens with zero attached hydrogens (tertiary/aromatic N) is 1. The van der Waals surface area contributed by atoms with E-state index in [1.54, 1.807) is 13.8 Å². The van der Waals surface area contributed by atoms with Crippen molar-refractivity contribution >= 4 is 0 Å². The van der Waals surface area contributed by atoms with E-state index in [9.17, 15) is 4.39 Å². The van der Waals surface area contributed by atoms with Gasteiger partial charge < -0.3 is 4.90 Å². The number of halogens is 1. The second-order valence-electron chi connectivity index (χ2n) is 4.27. The van der Waals surface area contributed by atoms with E-state index in [1.165, 1.54) is 0 Å². The topological polar surface area (TPSA) is 3.24 Å². The summed E-state index contributed by atoms with van der Waals surface area (Å²) in [4.78, 5) is 2.39. The highest BCUT2D eigenvalue weighted by molar-refractivity contribution is 4.82. The fourth-order valence-corrected chi connectivity index (χ4v) is 1.94. The molecule has 0 amide bonds. The van der Waals surface area contributed by atoms with Crippen LogP contribution in [0.4, 0.5) is 4.39 Å². The van der Waals surface area contributed by atoms with Crippen LogP contribution in [0.2, 0.25) is 0 Å². The maximum Gasteiger partial charge on any atom is 0.108 e. The molecule has 0 aromatic heterocycles. The normalized spacial score (nSPS) is 23.0. The molecule has 1 aliphatic heterocycles. The van der Waals surface area contributed by atoms with Crippen molar-refractivity contribution in [2.45, 2.75) is 39.3 Å². The maximum absolute atomic E-state index is 13.5. The smallest absolute Gasteiger partial charge is 0.108 e. The predicted octanol–water partition coefficient (Wildman–Crippen LogP) is 2.47. The van der Waals surface area contributed by atoms with Gasteiger partial charge in [0.25, 0.3) is 0 Å². The fraction of sp³-hybridized carbons (Fsp3) is 1.00. The Labute approximate surface area is 74.9 Å². The Morgan fingerprint density at radius 2 is 1.83 bits per heavy atom. The Bertz CT molecular complexity index is 131. The van der Waals surface area contributed by atoms with Crippen LogP contribution in [0.5, 0.6) is 0 Å². The van der Waals surface area contributed by atoms with Gasteiger partial charge in [-0.3, -0.25) is 0 Å². The molecule has 0 atom stereocenters. The lowest BCUT2D eigenvalue weighted by molar-refractivity contribution is 0.0644. The summed E-state index contributed by atoms with van der Waals surface area (Å²) in [6.07, 6.45) is 2.05. The molecule has 72 valence electrons. The zero-order valence-corrected chi connectivity index (χ0v) is 8.44.